The van der Waals surface area contributed by atoms with Crippen LogP contribution in [0.1, 0.15) is 18.9 Å². The Balaban J connectivity index is 1.60. The molecule has 0 aliphatic carbocycles. The van der Waals surface area contributed by atoms with Crippen molar-refractivity contribution in [3.63, 3.8) is 0 Å². The largest absolute Gasteiger partial charge is 0.456 e. The molecule has 8 heteroatoms. The molecule has 160 valence electrons. The van der Waals surface area contributed by atoms with E-state index < -0.39 is 17.8 Å². The number of aromatic nitrogens is 1. The van der Waals surface area contributed by atoms with Crippen LogP contribution in [0.2, 0.25) is 0 Å². The zero-order chi connectivity index (χ0) is 22.2. The van der Waals surface area contributed by atoms with E-state index in [2.05, 4.69) is 15.6 Å². The van der Waals surface area contributed by atoms with Crippen LogP contribution in [0.25, 0.3) is 11.3 Å². The van der Waals surface area contributed by atoms with Gasteiger partial charge in [0, 0.05) is 23.7 Å². The second-order valence-corrected chi connectivity index (χ2v) is 7.65. The number of hydrogen-bond donors (Lipinski definition) is 3. The van der Waals surface area contributed by atoms with Gasteiger partial charge in [-0.15, -0.1) is 11.3 Å². The molecule has 1 heterocycles. The molecule has 7 nitrogen and oxygen atoms in total. The van der Waals surface area contributed by atoms with Gasteiger partial charge in [0.1, 0.15) is 12.3 Å². The number of hydrogen-bond acceptors (Lipinski definition) is 7. The van der Waals surface area contributed by atoms with Crippen molar-refractivity contribution in [3.8, 4) is 11.3 Å². The number of rotatable bonds is 9. The third-order valence-corrected chi connectivity index (χ3v) is 5.47. The summed E-state index contributed by atoms with van der Waals surface area (Å²) in [6.07, 6.45) is 0.300. The highest BCUT2D eigenvalue weighted by Crippen LogP contribution is 2.26. The number of carbonyl (C=O) groups excluding carboxylic acids is 2. The first kappa shape index (κ1) is 22.2. The minimum absolute atomic E-state index is 0.0578. The van der Waals surface area contributed by atoms with Gasteiger partial charge in [-0.25, -0.2) is 9.78 Å². The predicted molar refractivity (Wildman–Crippen MR) is 123 cm³/mol. The molecule has 0 radical (unpaired) electrons. The lowest BCUT2D eigenvalue weighted by Gasteiger charge is -2.14. The molecule has 1 atom stereocenters. The van der Waals surface area contributed by atoms with Gasteiger partial charge in [-0.3, -0.25) is 10.2 Å². The molecule has 0 aliphatic heterocycles. The van der Waals surface area contributed by atoms with Crippen LogP contribution >= 0.6 is 11.3 Å². The van der Waals surface area contributed by atoms with Crippen LogP contribution < -0.4 is 10.6 Å². The van der Waals surface area contributed by atoms with Gasteiger partial charge in [-0.2, -0.15) is 0 Å². The summed E-state index contributed by atoms with van der Waals surface area (Å²) in [6, 6.07) is 17.0. The van der Waals surface area contributed by atoms with E-state index in [4.69, 9.17) is 10.1 Å². The minimum atomic E-state index is -0.912. The zero-order valence-corrected chi connectivity index (χ0v) is 18.2. The Morgan fingerprint density at radius 3 is 2.48 bits per heavy atom. The maximum absolute atomic E-state index is 12.7. The Kier molecular flexibility index (Phi) is 7.50. The van der Waals surface area contributed by atoms with Crippen molar-refractivity contribution in [3.05, 3.63) is 65.5 Å². The number of thiazole rings is 1. The highest BCUT2D eigenvalue weighted by Gasteiger charge is 2.28. The van der Waals surface area contributed by atoms with Crippen LogP contribution in [0.5, 0.6) is 0 Å². The summed E-state index contributed by atoms with van der Waals surface area (Å²) in [4.78, 5) is 29.4. The van der Waals surface area contributed by atoms with Gasteiger partial charge in [0.05, 0.1) is 11.6 Å². The smallest absolute Gasteiger partial charge is 0.353 e. The van der Waals surface area contributed by atoms with E-state index in [9.17, 15) is 9.59 Å². The maximum Gasteiger partial charge on any atom is 0.353 e. The van der Waals surface area contributed by atoms with E-state index in [1.807, 2.05) is 67.0 Å². The molecular formula is C23H24N4O3S. The van der Waals surface area contributed by atoms with Gasteiger partial charge >= 0.3 is 5.97 Å². The summed E-state index contributed by atoms with van der Waals surface area (Å²) in [7, 11) is 1.85. The van der Waals surface area contributed by atoms with Crippen molar-refractivity contribution < 1.29 is 14.3 Å². The van der Waals surface area contributed by atoms with Crippen LogP contribution in [0.15, 0.2) is 60.0 Å². The molecule has 0 spiro atoms. The minimum Gasteiger partial charge on any atom is -0.456 e. The second-order valence-electron chi connectivity index (χ2n) is 6.79. The zero-order valence-electron chi connectivity index (χ0n) is 17.3. The standard InChI is InChI=1S/C23H24N4O3S/c1-3-18(20(24)22(29)30-13-15-7-5-4-6-8-15)21(28)27-23-26-19(14-31-23)16-9-11-17(25-2)12-10-16/h4-12,14,18,24-25H,3,13H2,1-2H3,(H,26,27,28). The van der Waals surface area contributed by atoms with Crippen LogP contribution in [-0.4, -0.2) is 29.6 Å². The van der Waals surface area contributed by atoms with Gasteiger partial charge in [-0.1, -0.05) is 49.4 Å². The van der Waals surface area contributed by atoms with Crippen LogP contribution in [0.3, 0.4) is 0 Å². The van der Waals surface area contributed by atoms with Crippen molar-refractivity contribution in [2.75, 3.05) is 17.7 Å². The van der Waals surface area contributed by atoms with E-state index in [-0.39, 0.29) is 12.3 Å². The van der Waals surface area contributed by atoms with Crippen molar-refractivity contribution >= 4 is 39.7 Å². The molecule has 0 saturated carbocycles. The summed E-state index contributed by atoms with van der Waals surface area (Å²) in [5, 5.41) is 16.2. The number of nitrogens with zero attached hydrogens (tertiary/aromatic N) is 1. The fourth-order valence-electron chi connectivity index (χ4n) is 2.93. The fraction of sp³-hybridized carbons (Fsp3) is 0.217. The molecule has 1 unspecified atom stereocenters. The molecule has 31 heavy (non-hydrogen) atoms. The van der Waals surface area contributed by atoms with Gasteiger partial charge in [0.2, 0.25) is 5.91 Å². The van der Waals surface area contributed by atoms with Crippen molar-refractivity contribution in [2.45, 2.75) is 20.0 Å². The second kappa shape index (κ2) is 10.5. The molecule has 1 aromatic heterocycles. The van der Waals surface area contributed by atoms with Crippen LogP contribution in [0.4, 0.5) is 10.8 Å². The van der Waals surface area contributed by atoms with Gasteiger partial charge in [0.15, 0.2) is 5.13 Å². The summed E-state index contributed by atoms with van der Waals surface area (Å²) in [6.45, 7) is 1.81. The lowest BCUT2D eigenvalue weighted by Crippen LogP contribution is -2.34. The summed E-state index contributed by atoms with van der Waals surface area (Å²) >= 11 is 1.29. The number of amides is 1. The average molecular weight is 437 g/mol. The third-order valence-electron chi connectivity index (χ3n) is 4.71. The van der Waals surface area contributed by atoms with Crippen molar-refractivity contribution in [2.24, 2.45) is 5.92 Å². The first-order chi connectivity index (χ1) is 15.0. The number of benzene rings is 2. The van der Waals surface area contributed by atoms with Crippen molar-refractivity contribution in [1.82, 2.24) is 4.98 Å². The lowest BCUT2D eigenvalue weighted by atomic mass is 9.99. The van der Waals surface area contributed by atoms with Gasteiger partial charge in [0.25, 0.3) is 0 Å². The predicted octanol–water partition coefficient (Wildman–Crippen LogP) is 4.58. The summed E-state index contributed by atoms with van der Waals surface area (Å²) in [5.41, 5.74) is 3.12. The third kappa shape index (κ3) is 5.76. The number of carbonyl (C=O) groups is 2. The van der Waals surface area contributed by atoms with E-state index in [0.29, 0.717) is 11.6 Å². The first-order valence-corrected chi connectivity index (χ1v) is 10.7. The Morgan fingerprint density at radius 2 is 1.84 bits per heavy atom. The maximum atomic E-state index is 12.7. The quantitative estimate of drug-likeness (QED) is 0.336. The van der Waals surface area contributed by atoms with Gasteiger partial charge < -0.3 is 15.4 Å². The molecule has 1 amide bonds. The topological polar surface area (TPSA) is 104 Å². The number of anilines is 2. The van der Waals surface area contributed by atoms with E-state index in [0.717, 1.165) is 22.5 Å². The Morgan fingerprint density at radius 1 is 1.13 bits per heavy atom. The molecule has 3 aromatic rings. The van der Waals surface area contributed by atoms with E-state index >= 15 is 0 Å². The first-order valence-electron chi connectivity index (χ1n) is 9.86. The molecule has 2 aromatic carbocycles. The summed E-state index contributed by atoms with van der Waals surface area (Å²) < 4.78 is 5.19. The molecule has 0 aliphatic rings. The molecule has 0 bridgehead atoms. The Labute approximate surface area is 185 Å². The summed E-state index contributed by atoms with van der Waals surface area (Å²) in [5.74, 6) is -2.16. The van der Waals surface area contributed by atoms with Crippen LogP contribution in [-0.2, 0) is 20.9 Å². The highest BCUT2D eigenvalue weighted by atomic mass is 32.1. The monoisotopic (exact) mass is 436 g/mol. The molecule has 0 fully saturated rings. The molecule has 3 N–H and O–H groups in total. The van der Waals surface area contributed by atoms with E-state index in [1.165, 1.54) is 11.3 Å². The lowest BCUT2D eigenvalue weighted by molar-refractivity contribution is -0.137. The molecule has 0 saturated heterocycles. The number of ether oxygens (including phenoxy) is 1. The fourth-order valence-corrected chi connectivity index (χ4v) is 3.65. The SMILES string of the molecule is CCC(C(=N)C(=O)OCc1ccccc1)C(=O)Nc1nc(-c2ccc(NC)cc2)cs1. The normalized spacial score (nSPS) is 11.4. The van der Waals surface area contributed by atoms with E-state index in [1.54, 1.807) is 6.92 Å². The van der Waals surface area contributed by atoms with Crippen LogP contribution in [0, 0.1) is 11.3 Å². The molecular weight excluding hydrogens is 412 g/mol. The highest BCUT2D eigenvalue weighted by molar-refractivity contribution is 7.14. The van der Waals surface area contributed by atoms with Gasteiger partial charge in [-0.05, 0) is 24.1 Å². The Hall–Kier alpha value is -3.52. The number of esters is 1. The molecule has 3 rings (SSSR count). The average Bonchev–Trinajstić information content (AvgIpc) is 3.27. The number of nitrogens with one attached hydrogen (secondary N) is 3. The Bertz CT molecular complexity index is 1050. The van der Waals surface area contributed by atoms with Crippen molar-refractivity contribution in [1.29, 1.82) is 5.41 Å².